The molecule has 0 aromatic rings. The molecule has 0 saturated heterocycles. The predicted octanol–water partition coefficient (Wildman–Crippen LogP) is 11.7. The maximum absolute atomic E-state index is 12.6. The van der Waals surface area contributed by atoms with Crippen molar-refractivity contribution in [1.82, 2.24) is 0 Å². The van der Waals surface area contributed by atoms with Gasteiger partial charge in [-0.05, 0) is 51.4 Å². The molecule has 0 bridgehead atoms. The van der Waals surface area contributed by atoms with Crippen LogP contribution in [-0.4, -0.2) is 65.7 Å². The van der Waals surface area contributed by atoms with Crippen molar-refractivity contribution in [2.45, 2.75) is 180 Å². The van der Waals surface area contributed by atoms with E-state index in [0.717, 1.165) is 57.8 Å². The number of unbranched alkanes of at least 4 members (excludes halogenated alkanes) is 14. The highest BCUT2D eigenvalue weighted by Gasteiger charge is 2.27. The first-order chi connectivity index (χ1) is 27.7. The summed E-state index contributed by atoms with van der Waals surface area (Å²) < 4.78 is 32.6. The lowest BCUT2D eigenvalue weighted by Gasteiger charge is -2.20. The second-order valence-corrected chi connectivity index (χ2v) is 15.8. The number of aliphatic hydroxyl groups excluding tert-OH is 2. The summed E-state index contributed by atoms with van der Waals surface area (Å²) in [5, 5.41) is 18.3. The smallest absolute Gasteiger partial charge is 0.462 e. The molecule has 0 saturated carbocycles. The fourth-order valence-corrected chi connectivity index (χ4v) is 6.34. The Balaban J connectivity index is 4.41. The maximum Gasteiger partial charge on any atom is 0.472 e. The topological polar surface area (TPSA) is 149 Å². The van der Waals surface area contributed by atoms with Gasteiger partial charge in [-0.1, -0.05) is 177 Å². The van der Waals surface area contributed by atoms with E-state index >= 15 is 0 Å². The monoisotopic (exact) mass is 823 g/mol. The van der Waals surface area contributed by atoms with Gasteiger partial charge in [0.1, 0.15) is 12.7 Å². The zero-order chi connectivity index (χ0) is 41.9. The van der Waals surface area contributed by atoms with Gasteiger partial charge in [0.15, 0.2) is 6.10 Å². The van der Waals surface area contributed by atoms with E-state index in [1.165, 1.54) is 70.6 Å². The van der Waals surface area contributed by atoms with Crippen LogP contribution in [0.5, 0.6) is 0 Å². The molecule has 0 aromatic heterocycles. The van der Waals surface area contributed by atoms with E-state index in [0.29, 0.717) is 12.8 Å². The highest BCUT2D eigenvalue weighted by molar-refractivity contribution is 7.47. The third-order valence-corrected chi connectivity index (χ3v) is 9.84. The van der Waals surface area contributed by atoms with Crippen LogP contribution in [0.4, 0.5) is 0 Å². The molecule has 0 aliphatic carbocycles. The lowest BCUT2D eigenvalue weighted by atomic mass is 10.0. The minimum Gasteiger partial charge on any atom is -0.462 e. The van der Waals surface area contributed by atoms with Crippen LogP contribution in [0.1, 0.15) is 168 Å². The van der Waals surface area contributed by atoms with Gasteiger partial charge in [-0.3, -0.25) is 18.6 Å². The number of hydrogen-bond donors (Lipinski definition) is 3. The van der Waals surface area contributed by atoms with Crippen molar-refractivity contribution < 1.29 is 47.8 Å². The second kappa shape index (κ2) is 41.6. The summed E-state index contributed by atoms with van der Waals surface area (Å²) in [6.07, 6.45) is 47.4. The van der Waals surface area contributed by atoms with Crippen molar-refractivity contribution in [2.75, 3.05) is 26.4 Å². The number of aliphatic hydroxyl groups is 2. The number of hydrogen-bond acceptors (Lipinski definition) is 9. The molecule has 0 spiro atoms. The number of esters is 2. The quantitative estimate of drug-likeness (QED) is 0.0236. The van der Waals surface area contributed by atoms with Gasteiger partial charge in [-0.15, -0.1) is 0 Å². The van der Waals surface area contributed by atoms with Crippen LogP contribution >= 0.6 is 7.82 Å². The summed E-state index contributed by atoms with van der Waals surface area (Å²) in [6.45, 7) is 2.18. The molecule has 3 atom stereocenters. The van der Waals surface area contributed by atoms with E-state index < -0.39 is 51.8 Å². The van der Waals surface area contributed by atoms with Crippen LogP contribution in [0.25, 0.3) is 0 Å². The van der Waals surface area contributed by atoms with Gasteiger partial charge in [0, 0.05) is 12.8 Å². The van der Waals surface area contributed by atoms with E-state index in [1.807, 2.05) is 12.2 Å². The minimum absolute atomic E-state index is 0.115. The summed E-state index contributed by atoms with van der Waals surface area (Å²) in [4.78, 5) is 35.0. The molecule has 11 heteroatoms. The lowest BCUT2D eigenvalue weighted by molar-refractivity contribution is -0.161. The summed E-state index contributed by atoms with van der Waals surface area (Å²) in [5.41, 5.74) is 0. The molecule has 0 aromatic carbocycles. The first-order valence-corrected chi connectivity index (χ1v) is 23.4. The van der Waals surface area contributed by atoms with Gasteiger partial charge in [-0.25, -0.2) is 4.57 Å². The van der Waals surface area contributed by atoms with Gasteiger partial charge in [0.2, 0.25) is 0 Å². The molecule has 10 nitrogen and oxygen atoms in total. The molecule has 0 rings (SSSR count). The first kappa shape index (κ1) is 54.4. The Hall–Kier alpha value is -2.59. The molecule has 0 fully saturated rings. The molecular formula is C46H79O10P. The number of phosphoric ester groups is 1. The zero-order valence-corrected chi connectivity index (χ0v) is 36.4. The normalized spacial score (nSPS) is 14.5. The van der Waals surface area contributed by atoms with Crippen molar-refractivity contribution in [3.63, 3.8) is 0 Å². The fraction of sp³-hybridized carbons (Fsp3) is 0.696. The van der Waals surface area contributed by atoms with Crippen molar-refractivity contribution >= 4 is 19.8 Å². The fourth-order valence-electron chi connectivity index (χ4n) is 5.55. The number of rotatable bonds is 40. The molecule has 0 heterocycles. The molecule has 57 heavy (non-hydrogen) atoms. The molecule has 3 N–H and O–H groups in total. The lowest BCUT2D eigenvalue weighted by Crippen LogP contribution is -2.29. The molecule has 0 amide bonds. The van der Waals surface area contributed by atoms with Crippen LogP contribution in [0, 0.1) is 0 Å². The van der Waals surface area contributed by atoms with Gasteiger partial charge in [0.05, 0.1) is 19.8 Å². The largest absolute Gasteiger partial charge is 0.472 e. The maximum atomic E-state index is 12.6. The van der Waals surface area contributed by atoms with Crippen LogP contribution in [-0.2, 0) is 32.7 Å². The van der Waals surface area contributed by atoms with E-state index in [2.05, 4.69) is 79.1 Å². The summed E-state index contributed by atoms with van der Waals surface area (Å²) in [5.74, 6) is -1.02. The highest BCUT2D eigenvalue weighted by Crippen LogP contribution is 2.43. The Bertz CT molecular complexity index is 1180. The number of ether oxygens (including phenoxy) is 2. The van der Waals surface area contributed by atoms with E-state index in [-0.39, 0.29) is 19.4 Å². The van der Waals surface area contributed by atoms with Gasteiger partial charge in [0.25, 0.3) is 0 Å². The zero-order valence-electron chi connectivity index (χ0n) is 35.5. The molecule has 0 aliphatic rings. The molecule has 0 aliphatic heterocycles. The number of phosphoric acid groups is 1. The Kier molecular flexibility index (Phi) is 39.7. The Labute approximate surface area is 346 Å². The second-order valence-electron chi connectivity index (χ2n) is 14.3. The van der Waals surface area contributed by atoms with E-state index in [4.69, 9.17) is 19.1 Å². The molecule has 1 unspecified atom stereocenters. The van der Waals surface area contributed by atoms with Crippen molar-refractivity contribution in [3.05, 3.63) is 72.9 Å². The van der Waals surface area contributed by atoms with Gasteiger partial charge < -0.3 is 24.6 Å². The summed E-state index contributed by atoms with van der Waals surface area (Å²) >= 11 is 0. The molecular weight excluding hydrogens is 743 g/mol. The number of carbonyl (C=O) groups is 2. The molecule has 328 valence electrons. The molecule has 0 radical (unpaired) electrons. The Morgan fingerprint density at radius 1 is 0.544 bits per heavy atom. The SMILES string of the molecule is CC/C=C/C/C=C/C/C=C/C/C=C/C/C=C/C/C=C/CCC(=O)OC[C@H](COP(=O)(O)OC[C@@H](O)CO)OC(=O)CCCCCCCCCCCCCCCCC. The Morgan fingerprint density at radius 2 is 0.965 bits per heavy atom. The third kappa shape index (κ3) is 41.4. The highest BCUT2D eigenvalue weighted by atomic mass is 31.2. The predicted molar refractivity (Wildman–Crippen MR) is 233 cm³/mol. The standard InChI is InChI=1S/C46H79O10P/c1-3-5-7-9-11-13-15-17-19-20-21-22-24-25-27-29-31-33-35-37-45(49)53-41-44(42-55-57(51,52)54-40-43(48)39-47)56-46(50)38-36-34-32-30-28-26-23-18-16-14-12-10-8-6-4-2/h5,7,11,13,17,19,21-22,25,27,31,33,43-44,47-48H,3-4,6,8-10,12,14-16,18,20,23-24,26,28-30,32,34-42H2,1-2H3,(H,51,52)/b7-5+,13-11+,19-17+,22-21+,27-25+,33-31+/t43-,44+/m0/s1. The number of carbonyl (C=O) groups excluding carboxylic acids is 2. The van der Waals surface area contributed by atoms with Gasteiger partial charge >= 0.3 is 19.8 Å². The van der Waals surface area contributed by atoms with Crippen molar-refractivity contribution in [2.24, 2.45) is 0 Å². The van der Waals surface area contributed by atoms with Crippen molar-refractivity contribution in [1.29, 1.82) is 0 Å². The first-order valence-electron chi connectivity index (χ1n) is 21.9. The summed E-state index contributed by atoms with van der Waals surface area (Å²) in [7, 11) is -4.64. The average molecular weight is 823 g/mol. The minimum atomic E-state index is -4.64. The number of allylic oxidation sites excluding steroid dienone is 12. The summed E-state index contributed by atoms with van der Waals surface area (Å²) in [6, 6.07) is 0. The van der Waals surface area contributed by atoms with Crippen LogP contribution in [0.3, 0.4) is 0 Å². The van der Waals surface area contributed by atoms with E-state index in [1.54, 1.807) is 0 Å². The Morgan fingerprint density at radius 3 is 1.42 bits per heavy atom. The third-order valence-electron chi connectivity index (χ3n) is 8.89. The van der Waals surface area contributed by atoms with Crippen molar-refractivity contribution in [3.8, 4) is 0 Å². The van der Waals surface area contributed by atoms with Gasteiger partial charge in [-0.2, -0.15) is 0 Å². The van der Waals surface area contributed by atoms with E-state index in [9.17, 15) is 24.2 Å². The van der Waals surface area contributed by atoms with Crippen LogP contribution in [0.2, 0.25) is 0 Å². The van der Waals surface area contributed by atoms with Crippen LogP contribution < -0.4 is 0 Å². The van der Waals surface area contributed by atoms with Crippen LogP contribution in [0.15, 0.2) is 72.9 Å². The average Bonchev–Trinajstić information content (AvgIpc) is 3.20.